The molecule has 1 N–H and O–H groups in total. The highest BCUT2D eigenvalue weighted by Gasteiger charge is 2.21. The number of hydrogen-bond donors (Lipinski definition) is 1. The summed E-state index contributed by atoms with van der Waals surface area (Å²) in [6.45, 7) is 1.85. The number of carboxylic acid groups (broad SMARTS) is 1. The molecule has 0 atom stereocenters. The maximum absolute atomic E-state index is 10.7. The van der Waals surface area contributed by atoms with E-state index >= 15 is 0 Å². The standard InChI is InChI=1S/C15H13NO2/c1-15(10-16)8-6-12(7-9-15)11-2-4-13(5-3-11)14(17)18/h2-9,12H,1H3,(H,17,18). The summed E-state index contributed by atoms with van der Waals surface area (Å²) in [5.41, 5.74) is 0.772. The molecule has 0 aromatic heterocycles. The van der Waals surface area contributed by atoms with Gasteiger partial charge in [-0.15, -0.1) is 0 Å². The van der Waals surface area contributed by atoms with Crippen molar-refractivity contribution >= 4 is 5.97 Å². The van der Waals surface area contributed by atoms with Crippen molar-refractivity contribution in [2.75, 3.05) is 0 Å². The van der Waals surface area contributed by atoms with Crippen LogP contribution >= 0.6 is 0 Å². The van der Waals surface area contributed by atoms with Crippen molar-refractivity contribution in [1.82, 2.24) is 0 Å². The van der Waals surface area contributed by atoms with Crippen molar-refractivity contribution in [3.05, 3.63) is 59.7 Å². The van der Waals surface area contributed by atoms with E-state index < -0.39 is 11.4 Å². The minimum Gasteiger partial charge on any atom is -0.478 e. The summed E-state index contributed by atoms with van der Waals surface area (Å²) in [5, 5.41) is 17.8. The maximum Gasteiger partial charge on any atom is 0.335 e. The second-order valence-electron chi connectivity index (χ2n) is 4.57. The molecule has 0 saturated heterocycles. The number of rotatable bonds is 2. The predicted molar refractivity (Wildman–Crippen MR) is 68.1 cm³/mol. The van der Waals surface area contributed by atoms with Crippen LogP contribution in [0.15, 0.2) is 48.6 Å². The van der Waals surface area contributed by atoms with Crippen LogP contribution in [0.3, 0.4) is 0 Å². The van der Waals surface area contributed by atoms with Gasteiger partial charge in [0.25, 0.3) is 0 Å². The molecule has 1 aliphatic carbocycles. The summed E-state index contributed by atoms with van der Waals surface area (Å²) < 4.78 is 0. The average molecular weight is 239 g/mol. The summed E-state index contributed by atoms with van der Waals surface area (Å²) in [6, 6.07) is 9.02. The molecule has 0 saturated carbocycles. The van der Waals surface area contributed by atoms with Crippen LogP contribution in [0.25, 0.3) is 0 Å². The van der Waals surface area contributed by atoms with E-state index in [0.717, 1.165) is 5.56 Å². The summed E-state index contributed by atoms with van der Waals surface area (Å²) in [4.78, 5) is 10.7. The second kappa shape index (κ2) is 4.50. The Morgan fingerprint density at radius 3 is 2.28 bits per heavy atom. The van der Waals surface area contributed by atoms with E-state index in [1.165, 1.54) is 0 Å². The van der Waals surface area contributed by atoms with Crippen molar-refractivity contribution in [3.63, 3.8) is 0 Å². The first kappa shape index (κ1) is 12.1. The molecule has 18 heavy (non-hydrogen) atoms. The van der Waals surface area contributed by atoms with Crippen LogP contribution in [0.4, 0.5) is 0 Å². The van der Waals surface area contributed by atoms with Gasteiger partial charge in [-0.1, -0.05) is 36.4 Å². The fourth-order valence-corrected chi connectivity index (χ4v) is 1.87. The highest BCUT2D eigenvalue weighted by Crippen LogP contribution is 2.30. The van der Waals surface area contributed by atoms with E-state index in [4.69, 9.17) is 10.4 Å². The van der Waals surface area contributed by atoms with Crippen LogP contribution in [-0.4, -0.2) is 11.1 Å². The van der Waals surface area contributed by atoms with Crippen molar-refractivity contribution in [1.29, 1.82) is 5.26 Å². The van der Waals surface area contributed by atoms with Gasteiger partial charge in [-0.25, -0.2) is 4.79 Å². The van der Waals surface area contributed by atoms with Gasteiger partial charge in [0.05, 0.1) is 17.0 Å². The van der Waals surface area contributed by atoms with Gasteiger partial charge in [0.1, 0.15) is 0 Å². The molecule has 1 aromatic rings. The Hall–Kier alpha value is -2.34. The van der Waals surface area contributed by atoms with Gasteiger partial charge in [0, 0.05) is 5.92 Å². The van der Waals surface area contributed by atoms with E-state index in [1.807, 2.05) is 31.2 Å². The van der Waals surface area contributed by atoms with Gasteiger partial charge >= 0.3 is 5.97 Å². The lowest BCUT2D eigenvalue weighted by atomic mass is 9.82. The Morgan fingerprint density at radius 1 is 1.28 bits per heavy atom. The molecular weight excluding hydrogens is 226 g/mol. The molecular formula is C15H13NO2. The first-order valence-corrected chi connectivity index (χ1v) is 5.67. The van der Waals surface area contributed by atoms with E-state index in [2.05, 4.69) is 6.07 Å². The number of hydrogen-bond acceptors (Lipinski definition) is 2. The molecule has 90 valence electrons. The minimum atomic E-state index is -0.923. The number of nitrogens with zero attached hydrogens (tertiary/aromatic N) is 1. The molecule has 1 aliphatic rings. The normalized spacial score (nSPS) is 25.7. The number of aromatic carboxylic acids is 1. The maximum atomic E-state index is 10.7. The summed E-state index contributed by atoms with van der Waals surface area (Å²) in [5.74, 6) is -0.817. The van der Waals surface area contributed by atoms with Crippen molar-refractivity contribution in [2.45, 2.75) is 12.8 Å². The minimum absolute atomic E-state index is 0.106. The molecule has 0 bridgehead atoms. The van der Waals surface area contributed by atoms with E-state index in [9.17, 15) is 4.79 Å². The molecule has 0 radical (unpaired) electrons. The Kier molecular flexibility index (Phi) is 3.03. The van der Waals surface area contributed by atoms with Gasteiger partial charge < -0.3 is 5.11 Å². The lowest BCUT2D eigenvalue weighted by Crippen LogP contribution is -2.10. The zero-order valence-electron chi connectivity index (χ0n) is 10.00. The van der Waals surface area contributed by atoms with Crippen LogP contribution in [0.1, 0.15) is 28.8 Å². The number of allylic oxidation sites excluding steroid dienone is 4. The number of carbonyl (C=O) groups is 1. The molecule has 0 heterocycles. The molecule has 0 spiro atoms. The molecule has 0 amide bonds. The van der Waals surface area contributed by atoms with Crippen molar-refractivity contribution in [2.24, 2.45) is 5.41 Å². The van der Waals surface area contributed by atoms with E-state index in [0.29, 0.717) is 0 Å². The fraction of sp³-hybridized carbons (Fsp3) is 0.200. The molecule has 0 fully saturated rings. The quantitative estimate of drug-likeness (QED) is 0.806. The highest BCUT2D eigenvalue weighted by molar-refractivity contribution is 5.87. The zero-order valence-corrected chi connectivity index (χ0v) is 10.00. The van der Waals surface area contributed by atoms with Crippen LogP contribution in [0, 0.1) is 16.7 Å². The largest absolute Gasteiger partial charge is 0.478 e. The summed E-state index contributed by atoms with van der Waals surface area (Å²) in [7, 11) is 0. The SMILES string of the molecule is CC1(C#N)C=CC(c2ccc(C(=O)O)cc2)C=C1. The van der Waals surface area contributed by atoms with Gasteiger partial charge in [0.2, 0.25) is 0 Å². The zero-order chi connectivity index (χ0) is 13.2. The average Bonchev–Trinajstić information content (AvgIpc) is 2.40. The van der Waals surface area contributed by atoms with Crippen molar-refractivity contribution in [3.8, 4) is 6.07 Å². The van der Waals surface area contributed by atoms with E-state index in [-0.39, 0.29) is 11.5 Å². The second-order valence-corrected chi connectivity index (χ2v) is 4.57. The Balaban J connectivity index is 2.21. The molecule has 1 aromatic carbocycles. The van der Waals surface area contributed by atoms with Gasteiger partial charge in [-0.05, 0) is 24.6 Å². The van der Waals surface area contributed by atoms with Crippen LogP contribution < -0.4 is 0 Å². The predicted octanol–water partition coefficient (Wildman–Crippen LogP) is 3.12. The Labute approximate surface area is 106 Å². The molecule has 3 heteroatoms. The molecule has 3 nitrogen and oxygen atoms in total. The first-order valence-electron chi connectivity index (χ1n) is 5.67. The summed E-state index contributed by atoms with van der Waals surface area (Å²) >= 11 is 0. The lowest BCUT2D eigenvalue weighted by molar-refractivity contribution is 0.0697. The molecule has 0 unspecified atom stereocenters. The number of carboxylic acids is 1. The Morgan fingerprint density at radius 2 is 1.83 bits per heavy atom. The molecule has 2 rings (SSSR count). The third-order valence-electron chi connectivity index (χ3n) is 3.08. The topological polar surface area (TPSA) is 61.1 Å². The van der Waals surface area contributed by atoms with Gasteiger partial charge in [-0.2, -0.15) is 5.26 Å². The number of benzene rings is 1. The third-order valence-corrected chi connectivity index (χ3v) is 3.08. The lowest BCUT2D eigenvalue weighted by Gasteiger charge is -2.20. The summed E-state index contributed by atoms with van der Waals surface area (Å²) in [6.07, 6.45) is 7.70. The monoisotopic (exact) mass is 239 g/mol. The first-order chi connectivity index (χ1) is 8.54. The van der Waals surface area contributed by atoms with Gasteiger partial charge in [0.15, 0.2) is 0 Å². The van der Waals surface area contributed by atoms with Crippen LogP contribution in [0.5, 0.6) is 0 Å². The Bertz CT molecular complexity index is 547. The van der Waals surface area contributed by atoms with Crippen LogP contribution in [0.2, 0.25) is 0 Å². The van der Waals surface area contributed by atoms with Gasteiger partial charge in [-0.3, -0.25) is 0 Å². The molecule has 0 aliphatic heterocycles. The van der Waals surface area contributed by atoms with Crippen molar-refractivity contribution < 1.29 is 9.90 Å². The fourth-order valence-electron chi connectivity index (χ4n) is 1.87. The van der Waals surface area contributed by atoms with E-state index in [1.54, 1.807) is 24.3 Å². The van der Waals surface area contributed by atoms with Crippen LogP contribution in [-0.2, 0) is 0 Å². The highest BCUT2D eigenvalue weighted by atomic mass is 16.4. The third kappa shape index (κ3) is 2.33. The number of nitriles is 1. The smallest absolute Gasteiger partial charge is 0.335 e.